The van der Waals surface area contributed by atoms with Gasteiger partial charge in [-0.05, 0) is 31.5 Å². The minimum atomic E-state index is -0.243. The highest BCUT2D eigenvalue weighted by molar-refractivity contribution is 7.13. The molecule has 1 aromatic heterocycles. The summed E-state index contributed by atoms with van der Waals surface area (Å²) in [4.78, 5) is 19.9. The van der Waals surface area contributed by atoms with Gasteiger partial charge in [0, 0.05) is 32.1 Å². The number of hydrogen-bond acceptors (Lipinski definition) is 4. The minimum absolute atomic E-state index is 0. The number of piperazine rings is 1. The summed E-state index contributed by atoms with van der Waals surface area (Å²) >= 11 is 1.45. The van der Waals surface area contributed by atoms with Gasteiger partial charge in [-0.2, -0.15) is 0 Å². The second-order valence-electron chi connectivity index (χ2n) is 5.88. The Morgan fingerprint density at radius 3 is 2.68 bits per heavy atom. The summed E-state index contributed by atoms with van der Waals surface area (Å²) in [6.07, 6.45) is 0.621. The number of amides is 1. The number of aryl methyl sites for hydroxylation is 1. The van der Waals surface area contributed by atoms with Crippen LogP contribution in [-0.4, -0.2) is 41.5 Å². The molecule has 0 aliphatic carbocycles. The van der Waals surface area contributed by atoms with Crippen LogP contribution in [0.15, 0.2) is 24.3 Å². The van der Waals surface area contributed by atoms with E-state index in [0.717, 1.165) is 40.8 Å². The molecule has 0 radical (unpaired) electrons. The lowest BCUT2D eigenvalue weighted by Crippen LogP contribution is -2.52. The van der Waals surface area contributed by atoms with Crippen molar-refractivity contribution in [3.63, 3.8) is 0 Å². The fourth-order valence-corrected chi connectivity index (χ4v) is 3.83. The quantitative estimate of drug-likeness (QED) is 0.849. The van der Waals surface area contributed by atoms with Crippen LogP contribution in [0.25, 0.3) is 0 Å². The summed E-state index contributed by atoms with van der Waals surface area (Å²) < 4.78 is 13.0. The van der Waals surface area contributed by atoms with Crippen molar-refractivity contribution in [3.05, 3.63) is 51.2 Å². The van der Waals surface area contributed by atoms with Gasteiger partial charge in [-0.3, -0.25) is 4.79 Å². The third kappa shape index (κ3) is 5.14. The molecule has 2 aromatic rings. The first-order chi connectivity index (χ1) is 11.0. The van der Waals surface area contributed by atoms with Crippen LogP contribution in [0.2, 0.25) is 0 Å². The van der Waals surface area contributed by atoms with Gasteiger partial charge in [0.1, 0.15) is 10.7 Å². The second kappa shape index (κ2) is 9.48. The van der Waals surface area contributed by atoms with Crippen molar-refractivity contribution in [1.29, 1.82) is 0 Å². The average molecular weight is 406 g/mol. The predicted molar refractivity (Wildman–Crippen MR) is 104 cm³/mol. The second-order valence-corrected chi connectivity index (χ2v) is 6.96. The summed E-state index contributed by atoms with van der Waals surface area (Å²) in [5.74, 6) is -0.174. The van der Waals surface area contributed by atoms with Crippen LogP contribution in [0.3, 0.4) is 0 Å². The molecule has 0 unspecified atom stereocenters. The van der Waals surface area contributed by atoms with E-state index in [1.54, 1.807) is 12.1 Å². The molecule has 0 bridgehead atoms. The smallest absolute Gasteiger partial charge is 0.266 e. The highest BCUT2D eigenvalue weighted by Crippen LogP contribution is 2.23. The van der Waals surface area contributed by atoms with Gasteiger partial charge < -0.3 is 10.2 Å². The van der Waals surface area contributed by atoms with Crippen LogP contribution < -0.4 is 5.32 Å². The fourth-order valence-electron chi connectivity index (χ4n) is 2.78. The lowest BCUT2D eigenvalue weighted by Gasteiger charge is -2.33. The van der Waals surface area contributed by atoms with Crippen molar-refractivity contribution in [3.8, 4) is 0 Å². The van der Waals surface area contributed by atoms with E-state index in [1.807, 2.05) is 11.8 Å². The van der Waals surface area contributed by atoms with Gasteiger partial charge in [0.25, 0.3) is 5.91 Å². The molecular formula is C17H22Cl2FN3OS. The molecule has 1 aromatic carbocycles. The number of rotatable bonds is 3. The Bertz CT molecular complexity index is 708. The number of halogens is 3. The summed E-state index contributed by atoms with van der Waals surface area (Å²) in [6, 6.07) is 6.60. The molecule has 0 spiro atoms. The Morgan fingerprint density at radius 2 is 2.04 bits per heavy atom. The maximum absolute atomic E-state index is 13.0. The Morgan fingerprint density at radius 1 is 1.36 bits per heavy atom. The molecule has 0 saturated carbocycles. The Balaban J connectivity index is 0.00000156. The van der Waals surface area contributed by atoms with Gasteiger partial charge in [0.15, 0.2) is 0 Å². The minimum Gasteiger partial charge on any atom is -0.333 e. The lowest BCUT2D eigenvalue weighted by molar-refractivity contribution is 0.0660. The molecule has 1 saturated heterocycles. The van der Waals surface area contributed by atoms with Gasteiger partial charge >= 0.3 is 0 Å². The SMILES string of the molecule is Cc1nc(Cc2ccc(F)cc2)sc1C(=O)N1CCNC[C@H]1C.Cl.Cl. The number of aromatic nitrogens is 1. The lowest BCUT2D eigenvalue weighted by atomic mass is 10.1. The number of hydrogen-bond donors (Lipinski definition) is 1. The maximum atomic E-state index is 13.0. The van der Waals surface area contributed by atoms with E-state index in [1.165, 1.54) is 23.5 Å². The van der Waals surface area contributed by atoms with Crippen molar-refractivity contribution in [2.24, 2.45) is 0 Å². The molecule has 8 heteroatoms. The number of nitrogens with one attached hydrogen (secondary N) is 1. The molecule has 1 amide bonds. The van der Waals surface area contributed by atoms with Gasteiger partial charge in [0.2, 0.25) is 0 Å². The molecule has 1 aliphatic heterocycles. The number of carbonyl (C=O) groups excluding carboxylic acids is 1. The van der Waals surface area contributed by atoms with E-state index in [9.17, 15) is 9.18 Å². The van der Waals surface area contributed by atoms with Crippen molar-refractivity contribution in [2.75, 3.05) is 19.6 Å². The number of benzene rings is 1. The van der Waals surface area contributed by atoms with Crippen LogP contribution >= 0.6 is 36.2 Å². The van der Waals surface area contributed by atoms with E-state index in [4.69, 9.17) is 0 Å². The topological polar surface area (TPSA) is 45.2 Å². The van der Waals surface area contributed by atoms with Crippen LogP contribution in [0.4, 0.5) is 4.39 Å². The number of carbonyl (C=O) groups is 1. The standard InChI is InChI=1S/C17H20FN3OS.2ClH/c1-11-10-19-7-8-21(11)17(22)16-12(2)20-15(23-16)9-13-3-5-14(18)6-4-13;;/h3-6,11,19H,7-10H2,1-2H3;2*1H/t11-;;/m1../s1. The van der Waals surface area contributed by atoms with Crippen molar-refractivity contribution >= 4 is 42.1 Å². The zero-order chi connectivity index (χ0) is 16.4. The van der Waals surface area contributed by atoms with E-state index >= 15 is 0 Å². The molecule has 1 fully saturated rings. The van der Waals surface area contributed by atoms with Gasteiger partial charge in [-0.15, -0.1) is 36.2 Å². The molecule has 4 nitrogen and oxygen atoms in total. The Kier molecular flexibility index (Phi) is 8.28. The molecule has 3 rings (SSSR count). The zero-order valence-electron chi connectivity index (χ0n) is 14.1. The van der Waals surface area contributed by atoms with Crippen molar-refractivity contribution in [2.45, 2.75) is 26.3 Å². The fraction of sp³-hybridized carbons (Fsp3) is 0.412. The summed E-state index contributed by atoms with van der Waals surface area (Å²) in [6.45, 7) is 6.32. The van der Waals surface area contributed by atoms with Crippen molar-refractivity contribution < 1.29 is 9.18 Å². The van der Waals surface area contributed by atoms with Gasteiger partial charge in [0.05, 0.1) is 10.7 Å². The zero-order valence-corrected chi connectivity index (χ0v) is 16.6. The van der Waals surface area contributed by atoms with Crippen LogP contribution in [0, 0.1) is 12.7 Å². The van der Waals surface area contributed by atoms with Gasteiger partial charge in [-0.25, -0.2) is 9.37 Å². The highest BCUT2D eigenvalue weighted by Gasteiger charge is 2.27. The molecule has 25 heavy (non-hydrogen) atoms. The van der Waals surface area contributed by atoms with Crippen molar-refractivity contribution in [1.82, 2.24) is 15.2 Å². The van der Waals surface area contributed by atoms with E-state index < -0.39 is 0 Å². The largest absolute Gasteiger partial charge is 0.333 e. The molecule has 138 valence electrons. The van der Waals surface area contributed by atoms with Crippen LogP contribution in [-0.2, 0) is 6.42 Å². The molecule has 2 heterocycles. The molecule has 1 aliphatic rings. The third-order valence-electron chi connectivity index (χ3n) is 4.07. The highest BCUT2D eigenvalue weighted by atomic mass is 35.5. The van der Waals surface area contributed by atoms with Crippen LogP contribution in [0.5, 0.6) is 0 Å². The maximum Gasteiger partial charge on any atom is 0.266 e. The summed E-state index contributed by atoms with van der Waals surface area (Å²) in [5, 5.41) is 4.18. The first kappa shape index (κ1) is 21.8. The summed E-state index contributed by atoms with van der Waals surface area (Å²) in [5.41, 5.74) is 1.78. The monoisotopic (exact) mass is 405 g/mol. The molecular weight excluding hydrogens is 384 g/mol. The first-order valence-electron chi connectivity index (χ1n) is 7.77. The molecule has 1 atom stereocenters. The van der Waals surface area contributed by atoms with E-state index in [0.29, 0.717) is 6.42 Å². The first-order valence-corrected chi connectivity index (χ1v) is 8.58. The predicted octanol–water partition coefficient (Wildman–Crippen LogP) is 3.46. The van der Waals surface area contributed by atoms with E-state index in [-0.39, 0.29) is 42.6 Å². The Labute approximate surface area is 163 Å². The number of thiazole rings is 1. The molecule has 1 N–H and O–H groups in total. The van der Waals surface area contributed by atoms with Gasteiger partial charge in [-0.1, -0.05) is 12.1 Å². The summed E-state index contributed by atoms with van der Waals surface area (Å²) in [7, 11) is 0. The van der Waals surface area contributed by atoms with Crippen LogP contribution in [0.1, 0.15) is 32.9 Å². The van der Waals surface area contributed by atoms with E-state index in [2.05, 4.69) is 17.2 Å². The average Bonchev–Trinajstić information content (AvgIpc) is 2.90. The third-order valence-corrected chi connectivity index (χ3v) is 5.21. The Hall–Kier alpha value is -1.21. The number of nitrogens with zero attached hydrogens (tertiary/aromatic N) is 2. The normalized spacial score (nSPS) is 16.8.